The van der Waals surface area contributed by atoms with Gasteiger partial charge in [0.05, 0.1) is 17.3 Å². The number of para-hydroxylation sites is 1. The molecular weight excluding hydrogens is 397 g/mol. The molecule has 30 heavy (non-hydrogen) atoms. The van der Waals surface area contributed by atoms with Crippen LogP contribution in [0.1, 0.15) is 43.5 Å². The van der Waals surface area contributed by atoms with E-state index in [1.54, 1.807) is 30.3 Å². The third-order valence-electron chi connectivity index (χ3n) is 4.51. The lowest BCUT2D eigenvalue weighted by atomic mass is 9.97. The summed E-state index contributed by atoms with van der Waals surface area (Å²) >= 11 is -1.37. The molecule has 3 aromatic carbocycles. The van der Waals surface area contributed by atoms with Crippen LogP contribution in [-0.4, -0.2) is 9.30 Å². The number of anilines is 2. The molecule has 0 aliphatic heterocycles. The highest BCUT2D eigenvalue weighted by molar-refractivity contribution is 7.90. The Kier molecular flexibility index (Phi) is 6.78. The summed E-state index contributed by atoms with van der Waals surface area (Å²) in [5.74, 6) is -0.385. The van der Waals surface area contributed by atoms with E-state index in [1.807, 2.05) is 57.2 Å². The third-order valence-corrected chi connectivity index (χ3v) is 6.07. The van der Waals surface area contributed by atoms with Crippen molar-refractivity contribution in [3.05, 3.63) is 95.3 Å². The van der Waals surface area contributed by atoms with Crippen LogP contribution in [0.3, 0.4) is 0 Å². The fourth-order valence-electron chi connectivity index (χ4n) is 2.90. The Morgan fingerprint density at radius 2 is 1.67 bits per heavy atom. The third kappa shape index (κ3) is 5.39. The van der Waals surface area contributed by atoms with Gasteiger partial charge in [-0.1, -0.05) is 36.4 Å². The van der Waals surface area contributed by atoms with Crippen LogP contribution < -0.4 is 10.0 Å². The second-order valence-electron chi connectivity index (χ2n) is 7.90. The number of hydrogen-bond donors (Lipinski definition) is 2. The predicted molar refractivity (Wildman–Crippen MR) is 120 cm³/mol. The maximum atomic E-state index is 14.5. The maximum absolute atomic E-state index is 14.5. The number of nitriles is 1. The fraction of sp³-hybridized carbons (Fsp3) is 0.208. The Bertz CT molecular complexity index is 1040. The Morgan fingerprint density at radius 3 is 2.33 bits per heavy atom. The van der Waals surface area contributed by atoms with Crippen molar-refractivity contribution < 1.29 is 8.94 Å². The van der Waals surface area contributed by atoms with Crippen LogP contribution in [0.5, 0.6) is 0 Å². The molecule has 0 saturated heterocycles. The van der Waals surface area contributed by atoms with Gasteiger partial charge in [-0.2, -0.15) is 5.26 Å². The first-order valence-electron chi connectivity index (χ1n) is 9.57. The molecule has 0 spiro atoms. The number of nitrogens with one attached hydrogen (secondary N) is 2. The molecule has 3 aromatic rings. The summed E-state index contributed by atoms with van der Waals surface area (Å²) in [7, 11) is 0. The van der Waals surface area contributed by atoms with E-state index in [9.17, 15) is 14.2 Å². The van der Waals surface area contributed by atoms with Gasteiger partial charge in [0.15, 0.2) is 0 Å². The van der Waals surface area contributed by atoms with Crippen molar-refractivity contribution in [1.29, 1.82) is 5.26 Å². The largest absolute Gasteiger partial charge is 0.598 e. The maximum Gasteiger partial charge on any atom is 0.146 e. The number of rotatable bonds is 6. The summed E-state index contributed by atoms with van der Waals surface area (Å²) in [5.41, 5.74) is 3.11. The van der Waals surface area contributed by atoms with E-state index >= 15 is 0 Å². The zero-order valence-corrected chi connectivity index (χ0v) is 18.0. The highest BCUT2D eigenvalue weighted by Gasteiger charge is 2.31. The van der Waals surface area contributed by atoms with Gasteiger partial charge in [-0.3, -0.25) is 0 Å². The first-order valence-corrected chi connectivity index (χ1v) is 10.7. The molecule has 0 aliphatic carbocycles. The average molecular weight is 422 g/mol. The number of benzene rings is 3. The first kappa shape index (κ1) is 21.8. The Balaban J connectivity index is 2.02. The SMILES string of the molecule is CC(C)(C)[S@@+]([O-])N[C@H](c1cccc(C#N)c1)c1ccc(F)c(Nc2ccccc2)c1. The van der Waals surface area contributed by atoms with Crippen molar-refractivity contribution in [2.24, 2.45) is 0 Å². The smallest absolute Gasteiger partial charge is 0.146 e. The predicted octanol–water partition coefficient (Wildman–Crippen LogP) is 5.58. The molecule has 0 saturated carbocycles. The van der Waals surface area contributed by atoms with Crippen LogP contribution >= 0.6 is 0 Å². The van der Waals surface area contributed by atoms with Gasteiger partial charge in [-0.15, -0.1) is 4.72 Å². The van der Waals surface area contributed by atoms with Crippen molar-refractivity contribution in [3.8, 4) is 6.07 Å². The van der Waals surface area contributed by atoms with Crippen LogP contribution in [0, 0.1) is 17.1 Å². The fourth-order valence-corrected chi connectivity index (χ4v) is 3.74. The molecule has 0 unspecified atom stereocenters. The molecule has 0 aromatic heterocycles. The van der Waals surface area contributed by atoms with Gasteiger partial charge in [0.25, 0.3) is 0 Å². The molecule has 154 valence electrons. The molecule has 0 radical (unpaired) electrons. The summed E-state index contributed by atoms with van der Waals surface area (Å²) in [6.45, 7) is 5.64. The summed E-state index contributed by atoms with van der Waals surface area (Å²) < 4.78 is 30.0. The summed E-state index contributed by atoms with van der Waals surface area (Å²) in [5, 5.41) is 12.4. The topological polar surface area (TPSA) is 70.9 Å². The van der Waals surface area contributed by atoms with Gasteiger partial charge in [0.1, 0.15) is 16.6 Å². The Labute approximate surface area is 180 Å². The molecule has 2 atom stereocenters. The first-order chi connectivity index (χ1) is 14.3. The molecule has 6 heteroatoms. The number of hydrogen-bond acceptors (Lipinski definition) is 4. The van der Waals surface area contributed by atoms with Gasteiger partial charge in [0, 0.05) is 17.0 Å². The zero-order valence-electron chi connectivity index (χ0n) is 17.1. The van der Waals surface area contributed by atoms with Gasteiger partial charge in [0.2, 0.25) is 0 Å². The summed E-state index contributed by atoms with van der Waals surface area (Å²) in [6.07, 6.45) is 0. The molecule has 3 rings (SSSR count). The quantitative estimate of drug-likeness (QED) is 0.510. The average Bonchev–Trinajstić information content (AvgIpc) is 2.73. The lowest BCUT2D eigenvalue weighted by molar-refractivity contribution is 0.535. The molecule has 0 bridgehead atoms. The summed E-state index contributed by atoms with van der Waals surface area (Å²) in [4.78, 5) is 0. The van der Waals surface area contributed by atoms with Crippen LogP contribution in [0.15, 0.2) is 72.8 Å². The van der Waals surface area contributed by atoms with E-state index in [2.05, 4.69) is 16.1 Å². The van der Waals surface area contributed by atoms with Gasteiger partial charge < -0.3 is 9.87 Å². The Morgan fingerprint density at radius 1 is 0.967 bits per heavy atom. The molecule has 0 fully saturated rings. The highest BCUT2D eigenvalue weighted by atomic mass is 32.2. The molecule has 0 heterocycles. The monoisotopic (exact) mass is 421 g/mol. The van der Waals surface area contributed by atoms with Crippen molar-refractivity contribution in [3.63, 3.8) is 0 Å². The molecular formula is C24H24FN3OS. The molecule has 2 N–H and O–H groups in total. The van der Waals surface area contributed by atoms with Crippen LogP contribution in [0.2, 0.25) is 0 Å². The van der Waals surface area contributed by atoms with E-state index in [0.717, 1.165) is 16.8 Å². The molecule has 4 nitrogen and oxygen atoms in total. The van der Waals surface area contributed by atoms with Crippen molar-refractivity contribution in [1.82, 2.24) is 4.72 Å². The van der Waals surface area contributed by atoms with Crippen molar-refractivity contribution in [2.45, 2.75) is 31.6 Å². The normalized spacial score (nSPS) is 13.3. The van der Waals surface area contributed by atoms with Crippen molar-refractivity contribution >= 4 is 22.7 Å². The molecule has 0 amide bonds. The minimum Gasteiger partial charge on any atom is -0.598 e. The van der Waals surface area contributed by atoms with Gasteiger partial charge in [-0.25, -0.2) is 4.39 Å². The van der Waals surface area contributed by atoms with E-state index < -0.39 is 22.2 Å². The second kappa shape index (κ2) is 9.31. The lowest BCUT2D eigenvalue weighted by Gasteiger charge is -2.28. The van der Waals surface area contributed by atoms with E-state index in [-0.39, 0.29) is 5.82 Å². The van der Waals surface area contributed by atoms with Gasteiger partial charge in [-0.05, 0) is 68.3 Å². The number of halogens is 1. The van der Waals surface area contributed by atoms with Crippen molar-refractivity contribution in [2.75, 3.05) is 5.32 Å². The standard InChI is InChI=1S/C24H24FN3OS/c1-24(2,3)30(29)28-23(18-9-7-8-17(14-18)16-26)19-12-13-21(25)22(15-19)27-20-10-5-4-6-11-20/h4-15,23,27-28H,1-3H3/t23-,30-/m1/s1. The zero-order chi connectivity index (χ0) is 21.7. The van der Waals surface area contributed by atoms with Crippen LogP contribution in [-0.2, 0) is 11.4 Å². The van der Waals surface area contributed by atoms with E-state index in [4.69, 9.17) is 0 Å². The summed E-state index contributed by atoms with van der Waals surface area (Å²) in [6, 6.07) is 22.9. The van der Waals surface area contributed by atoms with E-state index in [0.29, 0.717) is 11.3 Å². The number of nitrogens with zero attached hydrogens (tertiary/aromatic N) is 1. The molecule has 0 aliphatic rings. The van der Waals surface area contributed by atoms with Crippen LogP contribution in [0.4, 0.5) is 15.8 Å². The lowest BCUT2D eigenvalue weighted by Crippen LogP contribution is -2.41. The minimum atomic E-state index is -1.37. The van der Waals surface area contributed by atoms with Gasteiger partial charge >= 0.3 is 0 Å². The highest BCUT2D eigenvalue weighted by Crippen LogP contribution is 2.30. The van der Waals surface area contributed by atoms with E-state index in [1.165, 1.54) is 6.07 Å². The minimum absolute atomic E-state index is 0.323. The Hall–Kier alpha value is -2.85. The second-order valence-corrected chi connectivity index (χ2v) is 9.90. The van der Waals surface area contributed by atoms with Crippen LogP contribution in [0.25, 0.3) is 0 Å².